The Balaban J connectivity index is 2.69. The van der Waals surface area contributed by atoms with Crippen LogP contribution in [0.1, 0.15) is 76.0 Å². The van der Waals surface area contributed by atoms with Crippen LogP contribution in [-0.2, 0) is 10.1 Å². The zero-order chi connectivity index (χ0) is 18.8. The maximum atomic E-state index is 13.1. The van der Waals surface area contributed by atoms with E-state index in [1.54, 1.807) is 18.2 Å². The van der Waals surface area contributed by atoms with Crippen molar-refractivity contribution in [2.45, 2.75) is 64.2 Å². The molecule has 4 nitrogen and oxygen atoms in total. The lowest BCUT2D eigenvalue weighted by atomic mass is 9.89. The Hall–Kier alpha value is -1.88. The Morgan fingerprint density at radius 3 is 1.84 bits per heavy atom. The number of pyridine rings is 1. The number of nitrogens with zero attached hydrogens (tertiary/aromatic N) is 1. The number of hydrogen-bond donors (Lipinski definition) is 0. The second-order valence-electron chi connectivity index (χ2n) is 7.20. The van der Waals surface area contributed by atoms with E-state index in [0.29, 0.717) is 5.92 Å². The van der Waals surface area contributed by atoms with Crippen LogP contribution in [0, 0.1) is 0 Å². The largest absolute Gasteiger partial charge is 0.358 e. The molecule has 0 radical (unpaired) electrons. The zero-order valence-corrected chi connectivity index (χ0v) is 16.6. The average Bonchev–Trinajstić information content (AvgIpc) is 2.53. The van der Waals surface area contributed by atoms with Gasteiger partial charge in [0.1, 0.15) is 4.90 Å². The minimum absolute atomic E-state index is 0.0632. The highest BCUT2D eigenvalue weighted by atomic mass is 32.2. The van der Waals surface area contributed by atoms with Gasteiger partial charge in [0, 0.05) is 12.3 Å². The molecular formula is C20H27NO3S. The van der Waals surface area contributed by atoms with Gasteiger partial charge in [-0.05, 0) is 40.5 Å². The molecule has 1 aromatic heterocycles. The van der Waals surface area contributed by atoms with Gasteiger partial charge < -0.3 is 4.18 Å². The predicted octanol–water partition coefficient (Wildman–Crippen LogP) is 5.22. The Kier molecular flexibility index (Phi) is 5.88. The lowest BCUT2D eigenvalue weighted by molar-refractivity contribution is 0.472. The fourth-order valence-corrected chi connectivity index (χ4v) is 4.30. The summed E-state index contributed by atoms with van der Waals surface area (Å²) in [5.41, 5.74) is 2.74. The quantitative estimate of drug-likeness (QED) is 0.662. The first-order valence-corrected chi connectivity index (χ1v) is 10.1. The van der Waals surface area contributed by atoms with Crippen molar-refractivity contribution in [1.29, 1.82) is 0 Å². The van der Waals surface area contributed by atoms with Crippen molar-refractivity contribution in [3.05, 3.63) is 53.2 Å². The molecule has 0 atom stereocenters. The van der Waals surface area contributed by atoms with Gasteiger partial charge in [-0.2, -0.15) is 8.42 Å². The average molecular weight is 362 g/mol. The molecule has 0 N–H and O–H groups in total. The van der Waals surface area contributed by atoms with Crippen molar-refractivity contribution < 1.29 is 12.6 Å². The van der Waals surface area contributed by atoms with Crippen LogP contribution in [0.2, 0.25) is 0 Å². The minimum atomic E-state index is -3.97. The molecule has 0 bridgehead atoms. The van der Waals surface area contributed by atoms with Crippen LogP contribution in [0.5, 0.6) is 5.88 Å². The van der Waals surface area contributed by atoms with Crippen LogP contribution < -0.4 is 4.18 Å². The maximum absolute atomic E-state index is 13.1. The van der Waals surface area contributed by atoms with Gasteiger partial charge in [0.25, 0.3) is 0 Å². The van der Waals surface area contributed by atoms with Crippen molar-refractivity contribution in [3.8, 4) is 5.88 Å². The third-order valence-corrected chi connectivity index (χ3v) is 5.52. The van der Waals surface area contributed by atoms with Crippen LogP contribution in [0.3, 0.4) is 0 Å². The highest BCUT2D eigenvalue weighted by Gasteiger charge is 2.28. The lowest BCUT2D eigenvalue weighted by Crippen LogP contribution is -2.17. The summed E-state index contributed by atoms with van der Waals surface area (Å²) >= 11 is 0. The first-order valence-electron chi connectivity index (χ1n) is 8.66. The van der Waals surface area contributed by atoms with E-state index in [2.05, 4.69) is 18.8 Å². The van der Waals surface area contributed by atoms with Crippen molar-refractivity contribution in [2.75, 3.05) is 0 Å². The van der Waals surface area contributed by atoms with Crippen LogP contribution in [0.4, 0.5) is 0 Å². The van der Waals surface area contributed by atoms with E-state index < -0.39 is 10.1 Å². The molecule has 0 aliphatic heterocycles. The van der Waals surface area contributed by atoms with Crippen molar-refractivity contribution in [2.24, 2.45) is 0 Å². The molecule has 0 fully saturated rings. The number of hydrogen-bond acceptors (Lipinski definition) is 4. The molecule has 0 amide bonds. The molecule has 0 aliphatic carbocycles. The maximum Gasteiger partial charge on any atom is 0.341 e. The lowest BCUT2D eigenvalue weighted by Gasteiger charge is -2.22. The third-order valence-electron chi connectivity index (χ3n) is 4.16. The van der Waals surface area contributed by atoms with Gasteiger partial charge in [-0.3, -0.25) is 0 Å². The molecular weight excluding hydrogens is 334 g/mol. The molecule has 0 unspecified atom stereocenters. The number of rotatable bonds is 6. The Labute approximate surface area is 151 Å². The van der Waals surface area contributed by atoms with Gasteiger partial charge >= 0.3 is 10.1 Å². The fourth-order valence-electron chi connectivity index (χ4n) is 2.73. The SMILES string of the molecule is CC(C)c1cc(C(C)C)c(S(=O)(=O)Oc2ccccn2)c(C(C)C)c1. The van der Waals surface area contributed by atoms with Gasteiger partial charge in [-0.1, -0.05) is 59.7 Å². The van der Waals surface area contributed by atoms with Gasteiger partial charge in [0.15, 0.2) is 0 Å². The van der Waals surface area contributed by atoms with Crippen LogP contribution in [0.15, 0.2) is 41.4 Å². The fraction of sp³-hybridized carbons (Fsp3) is 0.450. The summed E-state index contributed by atoms with van der Waals surface area (Å²) < 4.78 is 31.5. The molecule has 5 heteroatoms. The van der Waals surface area contributed by atoms with Gasteiger partial charge in [-0.25, -0.2) is 4.98 Å². The first kappa shape index (κ1) is 19.4. The topological polar surface area (TPSA) is 56.3 Å². The highest BCUT2D eigenvalue weighted by Crippen LogP contribution is 2.36. The zero-order valence-electron chi connectivity index (χ0n) is 15.8. The molecule has 0 saturated carbocycles. The van der Waals surface area contributed by atoms with Crippen molar-refractivity contribution >= 4 is 10.1 Å². The summed E-state index contributed by atoms with van der Waals surface area (Å²) in [5.74, 6) is 0.532. The van der Waals surface area contributed by atoms with E-state index in [0.717, 1.165) is 16.7 Å². The summed E-state index contributed by atoms with van der Waals surface area (Å²) in [5, 5.41) is 0. The summed E-state index contributed by atoms with van der Waals surface area (Å²) in [4.78, 5) is 4.27. The minimum Gasteiger partial charge on any atom is -0.358 e. The summed E-state index contributed by atoms with van der Waals surface area (Å²) in [6.07, 6.45) is 1.51. The predicted molar refractivity (Wildman–Crippen MR) is 101 cm³/mol. The second-order valence-corrected chi connectivity index (χ2v) is 8.68. The molecule has 0 spiro atoms. The summed E-state index contributed by atoms with van der Waals surface area (Å²) in [7, 11) is -3.97. The van der Waals surface area contributed by atoms with Crippen LogP contribution >= 0.6 is 0 Å². The van der Waals surface area contributed by atoms with Crippen LogP contribution in [0.25, 0.3) is 0 Å². The standard InChI is InChI=1S/C20H27NO3S/c1-13(2)16-11-17(14(3)4)20(18(12-16)15(5)6)25(22,23)24-19-9-7-8-10-21-19/h7-15H,1-6H3. The van der Waals surface area contributed by atoms with Crippen molar-refractivity contribution in [3.63, 3.8) is 0 Å². The Morgan fingerprint density at radius 2 is 1.44 bits per heavy atom. The molecule has 1 heterocycles. The summed E-state index contributed by atoms with van der Waals surface area (Å²) in [6, 6.07) is 8.96. The van der Waals surface area contributed by atoms with E-state index in [-0.39, 0.29) is 22.6 Å². The molecule has 25 heavy (non-hydrogen) atoms. The first-order chi connectivity index (χ1) is 11.6. The highest BCUT2D eigenvalue weighted by molar-refractivity contribution is 7.87. The van der Waals surface area contributed by atoms with E-state index in [1.165, 1.54) is 6.20 Å². The molecule has 136 valence electrons. The van der Waals surface area contributed by atoms with E-state index in [4.69, 9.17) is 4.18 Å². The molecule has 0 saturated heterocycles. The number of aromatic nitrogens is 1. The van der Waals surface area contributed by atoms with Gasteiger partial charge in [0.05, 0.1) is 0 Å². The molecule has 2 aromatic rings. The Morgan fingerprint density at radius 1 is 0.880 bits per heavy atom. The van der Waals surface area contributed by atoms with Crippen molar-refractivity contribution in [1.82, 2.24) is 4.98 Å². The second kappa shape index (κ2) is 7.56. The van der Waals surface area contributed by atoms with E-state index in [9.17, 15) is 8.42 Å². The molecule has 0 aliphatic rings. The van der Waals surface area contributed by atoms with Crippen LogP contribution in [-0.4, -0.2) is 13.4 Å². The smallest absolute Gasteiger partial charge is 0.341 e. The van der Waals surface area contributed by atoms with E-state index >= 15 is 0 Å². The van der Waals surface area contributed by atoms with Gasteiger partial charge in [0.2, 0.25) is 5.88 Å². The van der Waals surface area contributed by atoms with E-state index in [1.807, 2.05) is 39.8 Å². The molecule has 1 aromatic carbocycles. The normalized spacial score (nSPS) is 12.2. The molecule has 2 rings (SSSR count). The van der Waals surface area contributed by atoms with Gasteiger partial charge in [-0.15, -0.1) is 0 Å². The number of benzene rings is 1. The summed E-state index contributed by atoms with van der Waals surface area (Å²) in [6.45, 7) is 12.2. The Bertz CT molecular complexity index is 796. The third kappa shape index (κ3) is 4.40. The monoisotopic (exact) mass is 361 g/mol.